The summed E-state index contributed by atoms with van der Waals surface area (Å²) >= 11 is 2.97. The highest BCUT2D eigenvalue weighted by molar-refractivity contribution is 9.10. The lowest BCUT2D eigenvalue weighted by atomic mass is 10.0. The summed E-state index contributed by atoms with van der Waals surface area (Å²) in [6.45, 7) is 0. The third kappa shape index (κ3) is 5.50. The number of aliphatic hydroxyl groups excluding tert-OH is 1. The maximum atomic E-state index is 12.9. The third-order valence-corrected chi connectivity index (χ3v) is 2.82. The van der Waals surface area contributed by atoms with Gasteiger partial charge in [-0.25, -0.2) is 4.39 Å². The van der Waals surface area contributed by atoms with Crippen LogP contribution in [0.5, 0.6) is 0 Å². The fraction of sp³-hybridized carbons (Fsp3) is 0.455. The summed E-state index contributed by atoms with van der Waals surface area (Å²) in [5.41, 5.74) is 0.591. The minimum atomic E-state index is -4.26. The second-order valence-corrected chi connectivity index (χ2v) is 4.61. The number of aliphatic hydroxyl groups is 1. The Hall–Kier alpha value is -0.620. The lowest BCUT2D eigenvalue weighted by Gasteiger charge is -2.12. The predicted molar refractivity (Wildman–Crippen MR) is 59.1 cm³/mol. The van der Waals surface area contributed by atoms with E-state index < -0.39 is 24.5 Å². The van der Waals surface area contributed by atoms with Crippen LogP contribution in [0.3, 0.4) is 0 Å². The van der Waals surface area contributed by atoms with Crippen molar-refractivity contribution in [3.8, 4) is 0 Å². The molecule has 0 fully saturated rings. The van der Waals surface area contributed by atoms with E-state index in [-0.39, 0.29) is 17.3 Å². The molecule has 0 amide bonds. The molecule has 0 bridgehead atoms. The van der Waals surface area contributed by atoms with Crippen molar-refractivity contribution >= 4 is 15.9 Å². The zero-order chi connectivity index (χ0) is 13.1. The number of benzene rings is 1. The molecule has 0 saturated heterocycles. The molecule has 1 atom stereocenters. The van der Waals surface area contributed by atoms with Crippen molar-refractivity contribution in [2.75, 3.05) is 0 Å². The van der Waals surface area contributed by atoms with Gasteiger partial charge < -0.3 is 5.11 Å². The summed E-state index contributed by atoms with van der Waals surface area (Å²) in [6.07, 6.45) is -6.62. The molecule has 1 aromatic rings. The molecule has 0 saturated carbocycles. The Labute approximate surface area is 105 Å². The number of hydrogen-bond acceptors (Lipinski definition) is 1. The lowest BCUT2D eigenvalue weighted by molar-refractivity contribution is -0.139. The maximum Gasteiger partial charge on any atom is 0.389 e. The van der Waals surface area contributed by atoms with Crippen molar-refractivity contribution in [3.63, 3.8) is 0 Å². The molecule has 0 aliphatic carbocycles. The molecule has 0 heterocycles. The van der Waals surface area contributed by atoms with Crippen molar-refractivity contribution in [2.24, 2.45) is 0 Å². The zero-order valence-corrected chi connectivity index (χ0v) is 10.4. The highest BCUT2D eigenvalue weighted by atomic mass is 79.9. The second-order valence-electron chi connectivity index (χ2n) is 3.76. The summed E-state index contributed by atoms with van der Waals surface area (Å²) in [5, 5.41) is 9.42. The second kappa shape index (κ2) is 5.82. The Kier molecular flexibility index (Phi) is 4.94. The van der Waals surface area contributed by atoms with E-state index in [1.807, 2.05) is 0 Å². The molecular formula is C11H11BrF4O. The Morgan fingerprint density at radius 3 is 2.47 bits per heavy atom. The molecule has 96 valence electrons. The van der Waals surface area contributed by atoms with Gasteiger partial charge in [-0.1, -0.05) is 6.07 Å². The molecule has 1 N–H and O–H groups in total. The largest absolute Gasteiger partial charge is 0.393 e. The van der Waals surface area contributed by atoms with Gasteiger partial charge in [0.2, 0.25) is 0 Å². The maximum absolute atomic E-state index is 12.9. The van der Waals surface area contributed by atoms with E-state index in [0.29, 0.717) is 5.56 Å². The van der Waals surface area contributed by atoms with Crippen LogP contribution in [0.15, 0.2) is 22.7 Å². The molecule has 0 aliphatic rings. The van der Waals surface area contributed by atoms with E-state index in [9.17, 15) is 22.7 Å². The molecule has 0 aliphatic heterocycles. The van der Waals surface area contributed by atoms with Gasteiger partial charge in [0.25, 0.3) is 0 Å². The van der Waals surface area contributed by atoms with Crippen molar-refractivity contribution in [2.45, 2.75) is 31.5 Å². The van der Waals surface area contributed by atoms with Crippen LogP contribution in [0.1, 0.15) is 18.4 Å². The van der Waals surface area contributed by atoms with Crippen LogP contribution in [-0.4, -0.2) is 17.4 Å². The van der Waals surface area contributed by atoms with E-state index in [2.05, 4.69) is 15.9 Å². The van der Waals surface area contributed by atoms with Crippen molar-refractivity contribution in [1.29, 1.82) is 0 Å². The van der Waals surface area contributed by atoms with Gasteiger partial charge in [-0.2, -0.15) is 13.2 Å². The Bertz CT molecular complexity index is 378. The molecule has 1 aromatic carbocycles. The number of halogens is 5. The molecule has 1 unspecified atom stereocenters. The molecular weight excluding hydrogens is 304 g/mol. The van der Waals surface area contributed by atoms with Gasteiger partial charge in [0.05, 0.1) is 10.6 Å². The Morgan fingerprint density at radius 2 is 1.94 bits per heavy atom. The molecule has 0 aromatic heterocycles. The standard InChI is InChI=1S/C11H11BrF4O/c12-9-6-7(1-2-10(9)13)5-8(17)3-4-11(14,15)16/h1-2,6,8,17H,3-5H2. The number of rotatable bonds is 4. The molecule has 1 rings (SSSR count). The average Bonchev–Trinajstić information content (AvgIpc) is 2.20. The lowest BCUT2D eigenvalue weighted by Crippen LogP contribution is -2.16. The molecule has 17 heavy (non-hydrogen) atoms. The van der Waals surface area contributed by atoms with E-state index in [1.165, 1.54) is 18.2 Å². The first-order valence-electron chi connectivity index (χ1n) is 4.96. The number of alkyl halides is 3. The minimum absolute atomic E-state index is 0.0783. The van der Waals surface area contributed by atoms with Gasteiger partial charge in [-0.15, -0.1) is 0 Å². The van der Waals surface area contributed by atoms with E-state index in [0.717, 1.165) is 0 Å². The van der Waals surface area contributed by atoms with Crippen LogP contribution in [0.2, 0.25) is 0 Å². The molecule has 6 heteroatoms. The molecule has 0 radical (unpaired) electrons. The average molecular weight is 315 g/mol. The Balaban J connectivity index is 2.50. The summed E-state index contributed by atoms with van der Waals surface area (Å²) in [7, 11) is 0. The van der Waals surface area contributed by atoms with Gasteiger partial charge in [-0.05, 0) is 46.5 Å². The van der Waals surface area contributed by atoms with Gasteiger partial charge in [0, 0.05) is 6.42 Å². The summed E-state index contributed by atoms with van der Waals surface area (Å²) < 4.78 is 48.8. The van der Waals surface area contributed by atoms with E-state index in [4.69, 9.17) is 0 Å². The predicted octanol–water partition coefficient (Wildman–Crippen LogP) is 3.83. The van der Waals surface area contributed by atoms with E-state index in [1.54, 1.807) is 0 Å². The van der Waals surface area contributed by atoms with E-state index >= 15 is 0 Å². The van der Waals surface area contributed by atoms with Gasteiger partial charge in [-0.3, -0.25) is 0 Å². The van der Waals surface area contributed by atoms with Crippen LogP contribution in [-0.2, 0) is 6.42 Å². The zero-order valence-electron chi connectivity index (χ0n) is 8.77. The topological polar surface area (TPSA) is 20.2 Å². The highest BCUT2D eigenvalue weighted by Gasteiger charge is 2.27. The molecule has 0 spiro atoms. The number of hydrogen-bond donors (Lipinski definition) is 1. The van der Waals surface area contributed by atoms with Crippen molar-refractivity contribution in [1.82, 2.24) is 0 Å². The van der Waals surface area contributed by atoms with Gasteiger partial charge in [0.15, 0.2) is 0 Å². The van der Waals surface area contributed by atoms with Crippen LogP contribution >= 0.6 is 15.9 Å². The van der Waals surface area contributed by atoms with Crippen molar-refractivity contribution < 1.29 is 22.7 Å². The monoisotopic (exact) mass is 314 g/mol. The first-order valence-corrected chi connectivity index (χ1v) is 5.76. The fourth-order valence-corrected chi connectivity index (χ4v) is 1.80. The van der Waals surface area contributed by atoms with Crippen LogP contribution in [0, 0.1) is 5.82 Å². The normalized spacial score (nSPS) is 13.8. The quantitative estimate of drug-likeness (QED) is 0.837. The third-order valence-electron chi connectivity index (χ3n) is 2.22. The van der Waals surface area contributed by atoms with Crippen molar-refractivity contribution in [3.05, 3.63) is 34.1 Å². The van der Waals surface area contributed by atoms with Crippen LogP contribution in [0.25, 0.3) is 0 Å². The minimum Gasteiger partial charge on any atom is -0.393 e. The van der Waals surface area contributed by atoms with Crippen LogP contribution < -0.4 is 0 Å². The first kappa shape index (κ1) is 14.4. The summed E-state index contributed by atoms with van der Waals surface area (Å²) in [6, 6.07) is 4.10. The highest BCUT2D eigenvalue weighted by Crippen LogP contribution is 2.24. The smallest absolute Gasteiger partial charge is 0.389 e. The Morgan fingerprint density at radius 1 is 1.29 bits per heavy atom. The summed E-state index contributed by atoms with van der Waals surface area (Å²) in [4.78, 5) is 0. The van der Waals surface area contributed by atoms with Gasteiger partial charge in [0.1, 0.15) is 5.82 Å². The SMILES string of the molecule is OC(CCC(F)(F)F)Cc1ccc(F)c(Br)c1. The molecule has 1 nitrogen and oxygen atoms in total. The fourth-order valence-electron chi connectivity index (χ4n) is 1.37. The van der Waals surface area contributed by atoms with Gasteiger partial charge >= 0.3 is 6.18 Å². The van der Waals surface area contributed by atoms with Crippen LogP contribution in [0.4, 0.5) is 17.6 Å². The summed E-state index contributed by atoms with van der Waals surface area (Å²) in [5.74, 6) is -0.446. The first-order chi connectivity index (χ1) is 7.78.